The van der Waals surface area contributed by atoms with E-state index in [2.05, 4.69) is 0 Å². The van der Waals surface area contributed by atoms with E-state index in [0.29, 0.717) is 0 Å². The van der Waals surface area contributed by atoms with Crippen LogP contribution in [0, 0.1) is 0 Å². The van der Waals surface area contributed by atoms with Crippen molar-refractivity contribution < 1.29 is 9.53 Å². The summed E-state index contributed by atoms with van der Waals surface area (Å²) >= 11 is 7.99. The summed E-state index contributed by atoms with van der Waals surface area (Å²) in [6.07, 6.45) is 5.55. The van der Waals surface area contributed by atoms with E-state index in [1.165, 1.54) is 0 Å². The lowest BCUT2D eigenvalue weighted by Gasteiger charge is -2.30. The molecule has 1 saturated heterocycles. The van der Waals surface area contributed by atoms with Crippen molar-refractivity contribution in [2.45, 2.75) is 18.9 Å². The first-order valence-corrected chi connectivity index (χ1v) is 8.55. The number of ether oxygens (including phenoxy) is 1. The number of fused-ring (bicyclic) bond motifs is 1. The van der Waals surface area contributed by atoms with Gasteiger partial charge in [-0.3, -0.25) is 4.79 Å². The van der Waals surface area contributed by atoms with Gasteiger partial charge >= 0.3 is 0 Å². The second-order valence-electron chi connectivity index (χ2n) is 5.37. The van der Waals surface area contributed by atoms with Gasteiger partial charge in [-0.1, -0.05) is 29.8 Å². The Labute approximate surface area is 139 Å². The first kappa shape index (κ1) is 15.5. The van der Waals surface area contributed by atoms with Crippen LogP contribution in [0.2, 0.25) is 5.02 Å². The highest BCUT2D eigenvalue weighted by molar-refractivity contribution is 7.20. The second kappa shape index (κ2) is 6.82. The Morgan fingerprint density at radius 3 is 2.77 bits per heavy atom. The van der Waals surface area contributed by atoms with Gasteiger partial charge in [0.2, 0.25) is 5.91 Å². The van der Waals surface area contributed by atoms with Crippen LogP contribution < -0.4 is 0 Å². The summed E-state index contributed by atoms with van der Waals surface area (Å²) in [4.78, 5) is 15.1. The van der Waals surface area contributed by atoms with E-state index < -0.39 is 0 Å². The van der Waals surface area contributed by atoms with Gasteiger partial charge in [0.1, 0.15) is 0 Å². The van der Waals surface area contributed by atoms with E-state index in [9.17, 15) is 4.79 Å². The smallest absolute Gasteiger partial charge is 0.246 e. The van der Waals surface area contributed by atoms with Crippen molar-refractivity contribution in [3.05, 3.63) is 40.2 Å². The molecule has 0 unspecified atom stereocenters. The summed E-state index contributed by atoms with van der Waals surface area (Å²) in [5.41, 5.74) is 0. The van der Waals surface area contributed by atoms with Crippen molar-refractivity contribution in [3.63, 3.8) is 0 Å². The number of nitrogens with zero attached hydrogens (tertiary/aromatic N) is 1. The summed E-state index contributed by atoms with van der Waals surface area (Å²) in [7, 11) is 1.73. The predicted octanol–water partition coefficient (Wildman–Crippen LogP) is 4.21. The lowest BCUT2D eigenvalue weighted by molar-refractivity contribution is -0.128. The Kier molecular flexibility index (Phi) is 4.81. The van der Waals surface area contributed by atoms with Crippen molar-refractivity contribution in [1.82, 2.24) is 4.90 Å². The number of methoxy groups -OCH3 is 1. The molecule has 1 amide bonds. The molecule has 2 heterocycles. The van der Waals surface area contributed by atoms with Crippen LogP contribution in [0.4, 0.5) is 0 Å². The van der Waals surface area contributed by atoms with E-state index in [0.717, 1.165) is 45.9 Å². The number of carbonyl (C=O) groups excluding carboxylic acids is 1. The van der Waals surface area contributed by atoms with E-state index in [-0.39, 0.29) is 12.0 Å². The Balaban J connectivity index is 1.70. The molecule has 0 N–H and O–H groups in total. The molecule has 1 aromatic carbocycles. The molecule has 3 rings (SSSR count). The van der Waals surface area contributed by atoms with Crippen molar-refractivity contribution >= 4 is 45.0 Å². The van der Waals surface area contributed by atoms with Crippen molar-refractivity contribution in [3.8, 4) is 0 Å². The van der Waals surface area contributed by atoms with E-state index >= 15 is 0 Å². The molecule has 2 aromatic rings. The lowest BCUT2D eigenvalue weighted by atomic mass is 10.1. The van der Waals surface area contributed by atoms with Crippen LogP contribution in [0.25, 0.3) is 16.2 Å². The minimum absolute atomic E-state index is 0.0445. The number of amides is 1. The molecule has 5 heteroatoms. The number of rotatable bonds is 3. The predicted molar refractivity (Wildman–Crippen MR) is 92.5 cm³/mol. The first-order valence-electron chi connectivity index (χ1n) is 7.36. The zero-order valence-corrected chi connectivity index (χ0v) is 14.0. The quantitative estimate of drug-likeness (QED) is 0.786. The van der Waals surface area contributed by atoms with Gasteiger partial charge in [-0.05, 0) is 25.0 Å². The number of thiophene rings is 1. The largest absolute Gasteiger partial charge is 0.381 e. The highest BCUT2D eigenvalue weighted by atomic mass is 35.5. The van der Waals surface area contributed by atoms with Crippen molar-refractivity contribution in [2.75, 3.05) is 20.2 Å². The van der Waals surface area contributed by atoms with E-state index in [4.69, 9.17) is 16.3 Å². The summed E-state index contributed by atoms with van der Waals surface area (Å²) in [6, 6.07) is 8.01. The normalized spacial score (nSPS) is 16.7. The summed E-state index contributed by atoms with van der Waals surface area (Å²) in [5.74, 6) is 0.0445. The molecule has 1 aromatic heterocycles. The molecule has 116 valence electrons. The first-order chi connectivity index (χ1) is 10.7. The number of likely N-dealkylation sites (tertiary alicyclic amines) is 1. The average molecular weight is 336 g/mol. The van der Waals surface area contributed by atoms with Gasteiger partial charge in [-0.2, -0.15) is 0 Å². The van der Waals surface area contributed by atoms with Gasteiger partial charge in [0, 0.05) is 41.2 Å². The number of hydrogen-bond donors (Lipinski definition) is 0. The summed E-state index contributed by atoms with van der Waals surface area (Å²) < 4.78 is 6.47. The third-order valence-electron chi connectivity index (χ3n) is 4.02. The number of carbonyl (C=O) groups is 1. The minimum Gasteiger partial charge on any atom is -0.381 e. The highest BCUT2D eigenvalue weighted by Crippen LogP contribution is 2.35. The monoisotopic (exact) mass is 335 g/mol. The van der Waals surface area contributed by atoms with Crippen molar-refractivity contribution in [2.24, 2.45) is 0 Å². The molecule has 0 spiro atoms. The topological polar surface area (TPSA) is 29.5 Å². The van der Waals surface area contributed by atoms with Crippen LogP contribution in [-0.2, 0) is 9.53 Å². The standard InChI is InChI=1S/C17H18ClNO2S/c1-21-12-8-10-19(11-9-12)16(20)7-6-15-17(18)13-4-2-3-5-14(13)22-15/h2-7,12H,8-11H2,1H3/b7-6+. The molecule has 1 aliphatic heterocycles. The molecule has 1 fully saturated rings. The maximum Gasteiger partial charge on any atom is 0.246 e. The Hall–Kier alpha value is -1.36. The van der Waals surface area contributed by atoms with Crippen LogP contribution in [0.1, 0.15) is 17.7 Å². The van der Waals surface area contributed by atoms with Crippen LogP contribution in [0.3, 0.4) is 0 Å². The van der Waals surface area contributed by atoms with Gasteiger partial charge in [-0.25, -0.2) is 0 Å². The van der Waals surface area contributed by atoms with Gasteiger partial charge in [0.05, 0.1) is 11.1 Å². The summed E-state index contributed by atoms with van der Waals surface area (Å²) in [6.45, 7) is 1.50. The minimum atomic E-state index is 0.0445. The zero-order valence-electron chi connectivity index (χ0n) is 12.4. The molecule has 0 saturated carbocycles. The van der Waals surface area contributed by atoms with E-state index in [1.54, 1.807) is 24.5 Å². The van der Waals surface area contributed by atoms with E-state index in [1.807, 2.05) is 35.2 Å². The molecule has 0 radical (unpaired) electrons. The third kappa shape index (κ3) is 3.19. The molecular weight excluding hydrogens is 318 g/mol. The maximum absolute atomic E-state index is 12.3. The van der Waals surface area contributed by atoms with Crippen LogP contribution in [-0.4, -0.2) is 37.1 Å². The fraction of sp³-hybridized carbons (Fsp3) is 0.353. The Bertz CT molecular complexity index is 702. The Morgan fingerprint density at radius 2 is 2.09 bits per heavy atom. The average Bonchev–Trinajstić information content (AvgIpc) is 2.89. The molecule has 3 nitrogen and oxygen atoms in total. The number of halogens is 1. The highest BCUT2D eigenvalue weighted by Gasteiger charge is 2.21. The maximum atomic E-state index is 12.3. The van der Waals surface area contributed by atoms with Crippen LogP contribution in [0.5, 0.6) is 0 Å². The van der Waals surface area contributed by atoms with Crippen molar-refractivity contribution in [1.29, 1.82) is 0 Å². The van der Waals surface area contributed by atoms with Crippen LogP contribution >= 0.6 is 22.9 Å². The molecule has 22 heavy (non-hydrogen) atoms. The number of benzene rings is 1. The SMILES string of the molecule is COC1CCN(C(=O)/C=C/c2sc3ccccc3c2Cl)CC1. The molecule has 0 aliphatic carbocycles. The number of hydrogen-bond acceptors (Lipinski definition) is 3. The van der Waals surface area contributed by atoms with Gasteiger partial charge < -0.3 is 9.64 Å². The third-order valence-corrected chi connectivity index (χ3v) is 5.68. The lowest BCUT2D eigenvalue weighted by Crippen LogP contribution is -2.39. The van der Waals surface area contributed by atoms with Gasteiger partial charge in [0.25, 0.3) is 0 Å². The van der Waals surface area contributed by atoms with Gasteiger partial charge in [-0.15, -0.1) is 11.3 Å². The van der Waals surface area contributed by atoms with Crippen LogP contribution in [0.15, 0.2) is 30.3 Å². The second-order valence-corrected chi connectivity index (χ2v) is 6.83. The molecular formula is C17H18ClNO2S. The molecule has 0 atom stereocenters. The Morgan fingerprint density at radius 1 is 1.36 bits per heavy atom. The van der Waals surface area contributed by atoms with Gasteiger partial charge in [0.15, 0.2) is 0 Å². The zero-order chi connectivity index (χ0) is 15.5. The fourth-order valence-electron chi connectivity index (χ4n) is 2.70. The molecule has 1 aliphatic rings. The molecule has 0 bridgehead atoms. The fourth-order valence-corrected chi connectivity index (χ4v) is 4.10. The number of piperidine rings is 1. The summed E-state index contributed by atoms with van der Waals surface area (Å²) in [5, 5.41) is 1.77.